The van der Waals surface area contributed by atoms with E-state index in [1.807, 2.05) is 0 Å². The summed E-state index contributed by atoms with van der Waals surface area (Å²) in [6, 6.07) is 4.42. The number of aryl methyl sites for hydroxylation is 1. The van der Waals surface area contributed by atoms with E-state index in [0.29, 0.717) is 5.56 Å². The van der Waals surface area contributed by atoms with Gasteiger partial charge < -0.3 is 10.2 Å². The molecule has 0 saturated carbocycles. The molecule has 8 nitrogen and oxygen atoms in total. The van der Waals surface area contributed by atoms with E-state index in [1.54, 1.807) is 13.0 Å². The second-order valence-corrected chi connectivity index (χ2v) is 3.81. The van der Waals surface area contributed by atoms with Crippen LogP contribution in [-0.2, 0) is 0 Å². The van der Waals surface area contributed by atoms with E-state index in [-0.39, 0.29) is 11.4 Å². The molecule has 0 saturated heterocycles. The van der Waals surface area contributed by atoms with E-state index in [1.165, 1.54) is 12.1 Å². The summed E-state index contributed by atoms with van der Waals surface area (Å²) in [5.74, 6) is -1.96. The van der Waals surface area contributed by atoms with E-state index in [9.17, 15) is 20.0 Å². The van der Waals surface area contributed by atoms with Crippen molar-refractivity contribution in [3.8, 4) is 11.4 Å². The molecule has 98 valence electrons. The van der Waals surface area contributed by atoms with Gasteiger partial charge in [0.15, 0.2) is 5.75 Å². The zero-order chi connectivity index (χ0) is 14.2. The van der Waals surface area contributed by atoms with Crippen LogP contribution < -0.4 is 0 Å². The van der Waals surface area contributed by atoms with E-state index in [4.69, 9.17) is 5.11 Å². The largest absolute Gasteiger partial charge is 0.504 e. The number of aromatic hydroxyl groups is 1. The highest BCUT2D eigenvalue weighted by Gasteiger charge is 2.22. The molecule has 2 rings (SSSR count). The summed E-state index contributed by atoms with van der Waals surface area (Å²) >= 11 is 0. The van der Waals surface area contributed by atoms with Crippen molar-refractivity contribution in [2.45, 2.75) is 6.92 Å². The average molecular weight is 263 g/mol. The second-order valence-electron chi connectivity index (χ2n) is 3.81. The number of carboxylic acids is 1. The van der Waals surface area contributed by atoms with Crippen LogP contribution in [0.1, 0.15) is 16.1 Å². The Morgan fingerprint density at radius 2 is 2.16 bits per heavy atom. The molecule has 1 aromatic carbocycles. The molecule has 0 aliphatic carbocycles. The maximum Gasteiger partial charge on any atom is 0.360 e. The fourth-order valence-corrected chi connectivity index (χ4v) is 1.72. The summed E-state index contributed by atoms with van der Waals surface area (Å²) in [6.07, 6.45) is 1.03. The fraction of sp³-hybridized carbons (Fsp3) is 0.0909. The van der Waals surface area contributed by atoms with Gasteiger partial charge in [0.1, 0.15) is 5.69 Å². The highest BCUT2D eigenvalue weighted by Crippen LogP contribution is 2.28. The molecule has 0 aliphatic rings. The molecule has 0 amide bonds. The number of rotatable bonds is 3. The first-order valence-corrected chi connectivity index (χ1v) is 5.18. The number of carboxylic acid groups (broad SMARTS) is 1. The summed E-state index contributed by atoms with van der Waals surface area (Å²) in [7, 11) is 0. The minimum atomic E-state index is -1.41. The lowest BCUT2D eigenvalue weighted by Crippen LogP contribution is -2.05. The Kier molecular flexibility index (Phi) is 2.91. The van der Waals surface area contributed by atoms with Gasteiger partial charge in [0.2, 0.25) is 5.69 Å². The van der Waals surface area contributed by atoms with Crippen LogP contribution in [0, 0.1) is 17.0 Å². The number of aromatic carboxylic acids is 1. The van der Waals surface area contributed by atoms with Gasteiger partial charge in [-0.2, -0.15) is 5.10 Å². The van der Waals surface area contributed by atoms with Crippen molar-refractivity contribution < 1.29 is 19.9 Å². The van der Waals surface area contributed by atoms with Gasteiger partial charge in [-0.1, -0.05) is 12.1 Å². The molecule has 2 N–H and O–H groups in total. The van der Waals surface area contributed by atoms with E-state index in [0.717, 1.165) is 10.9 Å². The van der Waals surface area contributed by atoms with Crippen molar-refractivity contribution in [2.75, 3.05) is 0 Å². The van der Waals surface area contributed by atoms with Crippen LogP contribution in [-0.4, -0.2) is 30.9 Å². The molecule has 1 heterocycles. The van der Waals surface area contributed by atoms with Crippen LogP contribution in [0.3, 0.4) is 0 Å². The fourth-order valence-electron chi connectivity index (χ4n) is 1.72. The number of hydrogen-bond acceptors (Lipinski definition) is 5. The van der Waals surface area contributed by atoms with Gasteiger partial charge in [-0.3, -0.25) is 10.1 Å². The number of aromatic nitrogens is 2. The highest BCUT2D eigenvalue weighted by molar-refractivity contribution is 5.88. The normalized spacial score (nSPS) is 10.4. The van der Waals surface area contributed by atoms with Crippen molar-refractivity contribution in [3.05, 3.63) is 45.8 Å². The van der Waals surface area contributed by atoms with Crippen LogP contribution in [0.5, 0.6) is 5.75 Å². The lowest BCUT2D eigenvalue weighted by atomic mass is 10.1. The topological polar surface area (TPSA) is 118 Å². The predicted octanol–water partition coefficient (Wildman–Crippen LogP) is 1.49. The number of hydrogen-bond donors (Lipinski definition) is 2. The summed E-state index contributed by atoms with van der Waals surface area (Å²) in [4.78, 5) is 21.2. The lowest BCUT2D eigenvalue weighted by molar-refractivity contribution is -0.384. The molecule has 1 aromatic heterocycles. The molecule has 0 atom stereocenters. The number of benzene rings is 1. The van der Waals surface area contributed by atoms with Crippen LogP contribution >= 0.6 is 0 Å². The van der Waals surface area contributed by atoms with Gasteiger partial charge in [0, 0.05) is 6.07 Å². The lowest BCUT2D eigenvalue weighted by Gasteiger charge is -2.05. The number of nitro benzene ring substituents is 1. The Hall–Kier alpha value is -2.90. The summed E-state index contributed by atoms with van der Waals surface area (Å²) in [6.45, 7) is 1.63. The molecular weight excluding hydrogens is 254 g/mol. The first-order valence-electron chi connectivity index (χ1n) is 5.18. The quantitative estimate of drug-likeness (QED) is 0.639. The minimum absolute atomic E-state index is 0.121. The van der Waals surface area contributed by atoms with Gasteiger partial charge in [-0.05, 0) is 12.5 Å². The SMILES string of the molecule is Cc1cccc([N+](=O)[O-])c1-n1cc(O)c(C(=O)O)n1. The van der Waals surface area contributed by atoms with Crippen LogP contribution in [0.4, 0.5) is 5.69 Å². The smallest absolute Gasteiger partial charge is 0.360 e. The third-order valence-electron chi connectivity index (χ3n) is 2.54. The monoisotopic (exact) mass is 263 g/mol. The molecule has 19 heavy (non-hydrogen) atoms. The minimum Gasteiger partial charge on any atom is -0.504 e. The van der Waals surface area contributed by atoms with E-state index < -0.39 is 22.3 Å². The molecule has 8 heteroatoms. The summed E-state index contributed by atoms with van der Waals surface area (Å²) in [5.41, 5.74) is -0.124. The zero-order valence-electron chi connectivity index (χ0n) is 9.77. The maximum absolute atomic E-state index is 11.0. The second kappa shape index (κ2) is 4.41. The molecule has 0 unspecified atom stereocenters. The predicted molar refractivity (Wildman–Crippen MR) is 63.6 cm³/mol. The summed E-state index contributed by atoms with van der Waals surface area (Å²) in [5, 5.41) is 32.9. The van der Waals surface area contributed by atoms with Crippen LogP contribution in [0.25, 0.3) is 5.69 Å². The Morgan fingerprint density at radius 3 is 2.68 bits per heavy atom. The number of nitrogens with zero attached hydrogens (tertiary/aromatic N) is 3. The van der Waals surface area contributed by atoms with Crippen LogP contribution in [0.15, 0.2) is 24.4 Å². The van der Waals surface area contributed by atoms with Crippen molar-refractivity contribution in [1.82, 2.24) is 9.78 Å². The first-order chi connectivity index (χ1) is 8.91. The molecule has 0 fully saturated rings. The van der Waals surface area contributed by atoms with Crippen molar-refractivity contribution in [1.29, 1.82) is 0 Å². The average Bonchev–Trinajstić information content (AvgIpc) is 2.70. The van der Waals surface area contributed by atoms with Gasteiger partial charge in [-0.25, -0.2) is 9.48 Å². The third-order valence-corrected chi connectivity index (χ3v) is 2.54. The molecule has 2 aromatic rings. The number of nitro groups is 1. The third kappa shape index (κ3) is 2.10. The highest BCUT2D eigenvalue weighted by atomic mass is 16.6. The molecule has 0 aliphatic heterocycles. The van der Waals surface area contributed by atoms with Crippen molar-refractivity contribution in [3.63, 3.8) is 0 Å². The van der Waals surface area contributed by atoms with Crippen molar-refractivity contribution in [2.24, 2.45) is 0 Å². The van der Waals surface area contributed by atoms with Gasteiger partial charge in [0.05, 0.1) is 11.1 Å². The van der Waals surface area contributed by atoms with Crippen LogP contribution in [0.2, 0.25) is 0 Å². The molecule has 0 spiro atoms. The van der Waals surface area contributed by atoms with Gasteiger partial charge >= 0.3 is 5.97 Å². The molecule has 0 radical (unpaired) electrons. The van der Waals surface area contributed by atoms with E-state index in [2.05, 4.69) is 5.10 Å². The number of para-hydroxylation sites is 1. The zero-order valence-corrected chi connectivity index (χ0v) is 9.77. The maximum atomic E-state index is 11.0. The molecule has 0 bridgehead atoms. The van der Waals surface area contributed by atoms with Gasteiger partial charge in [0.25, 0.3) is 5.69 Å². The Morgan fingerprint density at radius 1 is 1.47 bits per heavy atom. The Balaban J connectivity index is 2.68. The van der Waals surface area contributed by atoms with Gasteiger partial charge in [-0.15, -0.1) is 0 Å². The standard InChI is InChI=1S/C11H9N3O5/c1-6-3-2-4-7(14(18)19)10(6)13-5-8(15)9(12-13)11(16)17/h2-5,15H,1H3,(H,16,17). The first kappa shape index (κ1) is 12.6. The number of carbonyl (C=O) groups is 1. The summed E-state index contributed by atoms with van der Waals surface area (Å²) < 4.78 is 0.992. The van der Waals surface area contributed by atoms with Crippen molar-refractivity contribution >= 4 is 11.7 Å². The van der Waals surface area contributed by atoms with E-state index >= 15 is 0 Å². The Bertz CT molecular complexity index is 677. The molecular formula is C11H9N3O5. The Labute approximate surface area is 106 Å².